The Balaban J connectivity index is 1.11. The predicted molar refractivity (Wildman–Crippen MR) is 215 cm³/mol. The molecular weight excluding hydrogens is 635 g/mol. The summed E-state index contributed by atoms with van der Waals surface area (Å²) in [5, 5.41) is 9.37. The normalized spacial score (nSPS) is 12.9. The Morgan fingerprint density at radius 2 is 0.846 bits per heavy atom. The maximum atomic E-state index is 6.72. The van der Waals surface area contributed by atoms with Gasteiger partial charge in [-0.25, -0.2) is 0 Å². The van der Waals surface area contributed by atoms with Crippen molar-refractivity contribution >= 4 is 77.4 Å². The van der Waals surface area contributed by atoms with Gasteiger partial charge in [-0.05, 0) is 114 Å². The largest absolute Gasteiger partial charge is 0.458 e. The molecule has 3 nitrogen and oxygen atoms in total. The molecule has 0 radical (unpaired) electrons. The molecule has 9 aromatic carbocycles. The molecule has 2 aliphatic heterocycles. The Bertz CT molecular complexity index is 3030. The summed E-state index contributed by atoms with van der Waals surface area (Å²) in [6, 6.07) is 58.3. The lowest BCUT2D eigenvalue weighted by Crippen LogP contribution is -2.57. The number of hydrogen-bond acceptors (Lipinski definition) is 3. The first-order valence-corrected chi connectivity index (χ1v) is 17.8. The first-order valence-electron chi connectivity index (χ1n) is 17.8. The van der Waals surface area contributed by atoms with Crippen molar-refractivity contribution in [1.29, 1.82) is 0 Å². The Morgan fingerprint density at radius 1 is 0.346 bits per heavy atom. The van der Waals surface area contributed by atoms with Crippen LogP contribution in [0.15, 0.2) is 168 Å². The van der Waals surface area contributed by atoms with Crippen LogP contribution < -0.4 is 25.9 Å². The summed E-state index contributed by atoms with van der Waals surface area (Å²) in [5.41, 5.74) is 9.80. The van der Waals surface area contributed by atoms with Crippen molar-refractivity contribution in [3.05, 3.63) is 164 Å². The van der Waals surface area contributed by atoms with E-state index >= 15 is 0 Å². The zero-order valence-corrected chi connectivity index (χ0v) is 27.9. The number of para-hydroxylation sites is 2. The average molecular weight is 663 g/mol. The Labute approximate surface area is 299 Å². The molecule has 12 rings (SSSR count). The van der Waals surface area contributed by atoms with Crippen LogP contribution in [0.3, 0.4) is 0 Å². The molecule has 240 valence electrons. The smallest absolute Gasteiger partial charge is 0.260 e. The van der Waals surface area contributed by atoms with Crippen molar-refractivity contribution < 1.29 is 13.9 Å². The van der Waals surface area contributed by atoms with Crippen LogP contribution in [0, 0.1) is 0 Å². The van der Waals surface area contributed by atoms with Gasteiger partial charge in [0.05, 0.1) is 0 Å². The van der Waals surface area contributed by atoms with Gasteiger partial charge in [0.2, 0.25) is 0 Å². The van der Waals surface area contributed by atoms with Crippen LogP contribution in [0.5, 0.6) is 23.0 Å². The van der Waals surface area contributed by atoms with Gasteiger partial charge in [0.1, 0.15) is 34.2 Å². The van der Waals surface area contributed by atoms with E-state index < -0.39 is 0 Å². The summed E-state index contributed by atoms with van der Waals surface area (Å²) in [7, 11) is 0. The van der Waals surface area contributed by atoms with Gasteiger partial charge in [-0.1, -0.05) is 115 Å². The molecule has 0 fully saturated rings. The quantitative estimate of drug-likeness (QED) is 0.136. The zero-order chi connectivity index (χ0) is 33.9. The second-order valence-electron chi connectivity index (χ2n) is 13.9. The number of ether oxygens (including phenoxy) is 2. The highest BCUT2D eigenvalue weighted by Gasteiger charge is 2.40. The van der Waals surface area contributed by atoms with E-state index in [0.717, 1.165) is 78.0 Å². The summed E-state index contributed by atoms with van der Waals surface area (Å²) in [6.07, 6.45) is 0. The summed E-state index contributed by atoms with van der Waals surface area (Å²) in [4.78, 5) is 0. The first kappa shape index (κ1) is 28.0. The van der Waals surface area contributed by atoms with Gasteiger partial charge in [0, 0.05) is 16.2 Å². The highest BCUT2D eigenvalue weighted by atomic mass is 16.5. The number of hydrogen-bond donors (Lipinski definition) is 0. The summed E-state index contributed by atoms with van der Waals surface area (Å²) in [6.45, 7) is 0.0386. The van der Waals surface area contributed by atoms with Crippen LogP contribution in [0.1, 0.15) is 0 Å². The van der Waals surface area contributed by atoms with E-state index in [1.54, 1.807) is 0 Å². The van der Waals surface area contributed by atoms with Crippen molar-refractivity contribution in [2.24, 2.45) is 0 Å². The SMILES string of the molecule is c1ccc2c(c1)Oc1cc(-c3c4ccccc4c(-c4ccc5oc6cc7ccccc7cc6c5c4)c4ccccc34)cc3c1B2c1ccccc1O3. The van der Waals surface area contributed by atoms with Gasteiger partial charge in [0.15, 0.2) is 0 Å². The maximum absolute atomic E-state index is 6.72. The molecule has 0 atom stereocenters. The number of benzene rings is 9. The molecule has 10 aromatic rings. The monoisotopic (exact) mass is 662 g/mol. The van der Waals surface area contributed by atoms with Crippen molar-refractivity contribution in [1.82, 2.24) is 0 Å². The van der Waals surface area contributed by atoms with Gasteiger partial charge in [0.25, 0.3) is 6.71 Å². The van der Waals surface area contributed by atoms with E-state index in [9.17, 15) is 0 Å². The van der Waals surface area contributed by atoms with Crippen molar-refractivity contribution in [3.8, 4) is 45.3 Å². The summed E-state index contributed by atoms with van der Waals surface area (Å²) in [5.74, 6) is 3.46. The van der Waals surface area contributed by atoms with Crippen molar-refractivity contribution in [3.63, 3.8) is 0 Å². The van der Waals surface area contributed by atoms with Crippen LogP contribution in [0.4, 0.5) is 0 Å². The second kappa shape index (κ2) is 10.4. The maximum Gasteiger partial charge on any atom is 0.260 e. The van der Waals surface area contributed by atoms with Crippen LogP contribution in [-0.4, -0.2) is 6.71 Å². The number of furan rings is 1. The molecule has 2 aliphatic rings. The second-order valence-corrected chi connectivity index (χ2v) is 13.9. The van der Waals surface area contributed by atoms with E-state index in [1.807, 2.05) is 12.1 Å². The molecule has 0 amide bonds. The molecule has 0 spiro atoms. The average Bonchev–Trinajstić information content (AvgIpc) is 3.55. The third kappa shape index (κ3) is 3.86. The van der Waals surface area contributed by atoms with Crippen LogP contribution in [-0.2, 0) is 0 Å². The molecule has 1 aromatic heterocycles. The minimum Gasteiger partial charge on any atom is -0.458 e. The lowest BCUT2D eigenvalue weighted by molar-refractivity contribution is 0.465. The minimum absolute atomic E-state index is 0.0386. The van der Waals surface area contributed by atoms with Gasteiger partial charge in [-0.15, -0.1) is 0 Å². The lowest BCUT2D eigenvalue weighted by Gasteiger charge is -2.33. The number of fused-ring (bicyclic) bond motifs is 10. The molecule has 3 heterocycles. The van der Waals surface area contributed by atoms with Crippen molar-refractivity contribution in [2.45, 2.75) is 0 Å². The van der Waals surface area contributed by atoms with E-state index in [0.29, 0.717) is 0 Å². The summed E-state index contributed by atoms with van der Waals surface area (Å²) >= 11 is 0. The lowest BCUT2D eigenvalue weighted by atomic mass is 9.35. The third-order valence-electron chi connectivity index (χ3n) is 11.1. The van der Waals surface area contributed by atoms with Gasteiger partial charge in [-0.3, -0.25) is 0 Å². The van der Waals surface area contributed by atoms with Crippen molar-refractivity contribution in [2.75, 3.05) is 0 Å². The molecule has 0 bridgehead atoms. The van der Waals surface area contributed by atoms with E-state index in [4.69, 9.17) is 13.9 Å². The van der Waals surface area contributed by atoms with Crippen LogP contribution in [0.25, 0.3) is 76.5 Å². The molecule has 0 N–H and O–H groups in total. The van der Waals surface area contributed by atoms with Gasteiger partial charge >= 0.3 is 0 Å². The molecule has 0 aliphatic carbocycles. The van der Waals surface area contributed by atoms with Gasteiger partial charge < -0.3 is 13.9 Å². The predicted octanol–water partition coefficient (Wildman–Crippen LogP) is 11.1. The number of rotatable bonds is 2. The highest BCUT2D eigenvalue weighted by Crippen LogP contribution is 2.47. The fourth-order valence-corrected chi connectivity index (χ4v) is 8.91. The van der Waals surface area contributed by atoms with E-state index in [-0.39, 0.29) is 6.71 Å². The fourth-order valence-electron chi connectivity index (χ4n) is 8.91. The minimum atomic E-state index is 0.0386. The topological polar surface area (TPSA) is 31.6 Å². The van der Waals surface area contributed by atoms with Crippen LogP contribution in [0.2, 0.25) is 0 Å². The first-order chi connectivity index (χ1) is 25.8. The zero-order valence-electron chi connectivity index (χ0n) is 27.9. The Kier molecular flexibility index (Phi) is 5.58. The fraction of sp³-hybridized carbons (Fsp3) is 0. The molecule has 0 unspecified atom stereocenters. The van der Waals surface area contributed by atoms with E-state index in [2.05, 4.69) is 152 Å². The standard InChI is InChI=1S/C48H27BO3/c1-2-12-29-25-43-37(23-28(29)11-1)36-24-30(21-22-40(36)50-43)46-32-13-3-5-15-34(32)47(35-16-6-4-14-33(35)46)31-26-44-48-45(27-31)52-42-20-10-8-18-39(42)49(48)38-17-7-9-19-41(38)51-44/h1-27H. The Hall–Kier alpha value is -6.78. The highest BCUT2D eigenvalue weighted by molar-refractivity contribution is 6.98. The molecule has 4 heteroatoms. The van der Waals surface area contributed by atoms with E-state index in [1.165, 1.54) is 37.9 Å². The molecule has 0 saturated carbocycles. The molecule has 0 saturated heterocycles. The molecular formula is C48H27BO3. The van der Waals surface area contributed by atoms with Crippen LogP contribution >= 0.6 is 0 Å². The summed E-state index contributed by atoms with van der Waals surface area (Å²) < 4.78 is 19.9. The molecule has 52 heavy (non-hydrogen) atoms. The third-order valence-corrected chi connectivity index (χ3v) is 11.1. The van der Waals surface area contributed by atoms with Gasteiger partial charge in [-0.2, -0.15) is 0 Å². The Morgan fingerprint density at radius 3 is 1.46 bits per heavy atom.